The molecule has 1 aromatic rings. The fourth-order valence-electron chi connectivity index (χ4n) is 4.03. The van der Waals surface area contributed by atoms with Crippen LogP contribution >= 0.6 is 0 Å². The van der Waals surface area contributed by atoms with Gasteiger partial charge in [-0.15, -0.1) is 0 Å². The molecule has 6 heteroatoms. The lowest BCUT2D eigenvalue weighted by molar-refractivity contribution is -0.139. The summed E-state index contributed by atoms with van der Waals surface area (Å²) in [6.45, 7) is 4.06. The van der Waals surface area contributed by atoms with Gasteiger partial charge in [0.25, 0.3) is 0 Å². The molecule has 0 N–H and O–H groups in total. The van der Waals surface area contributed by atoms with Crippen LogP contribution in [0.15, 0.2) is 18.2 Å². The minimum atomic E-state index is -0.345. The zero-order chi connectivity index (χ0) is 17.4. The lowest BCUT2D eigenvalue weighted by Crippen LogP contribution is -2.38. The van der Waals surface area contributed by atoms with Crippen molar-refractivity contribution in [2.75, 3.05) is 26.4 Å². The second kappa shape index (κ2) is 6.67. The van der Waals surface area contributed by atoms with E-state index in [0.717, 1.165) is 24.8 Å². The van der Waals surface area contributed by atoms with Gasteiger partial charge in [0.05, 0.1) is 24.8 Å². The minimum Gasteiger partial charge on any atom is -0.488 e. The van der Waals surface area contributed by atoms with Gasteiger partial charge in [-0.25, -0.2) is 4.79 Å². The molecule has 4 rings (SSSR count). The lowest BCUT2D eigenvalue weighted by Gasteiger charge is -2.31. The van der Waals surface area contributed by atoms with Crippen LogP contribution in [0, 0.1) is 5.92 Å². The van der Waals surface area contributed by atoms with Crippen LogP contribution in [0.3, 0.4) is 0 Å². The highest BCUT2D eigenvalue weighted by Gasteiger charge is 2.44. The number of fused-ring (bicyclic) bond motifs is 4. The number of amides is 1. The number of carbonyl (C=O) groups excluding carboxylic acids is 2. The summed E-state index contributed by atoms with van der Waals surface area (Å²) in [5.41, 5.74) is 1.48. The molecule has 3 heterocycles. The number of nitrogens with zero attached hydrogens (tertiary/aromatic N) is 1. The first-order chi connectivity index (χ1) is 12.2. The highest BCUT2D eigenvalue weighted by Crippen LogP contribution is 2.44. The molecule has 25 heavy (non-hydrogen) atoms. The number of ether oxygens (including phenoxy) is 3. The maximum Gasteiger partial charge on any atom is 0.338 e. The van der Waals surface area contributed by atoms with Crippen LogP contribution in [0.1, 0.15) is 48.1 Å². The number of carbonyl (C=O) groups is 2. The van der Waals surface area contributed by atoms with E-state index in [-0.39, 0.29) is 29.9 Å². The Morgan fingerprint density at radius 2 is 2.08 bits per heavy atom. The summed E-state index contributed by atoms with van der Waals surface area (Å²) in [5, 5.41) is 0. The molecule has 0 saturated carbocycles. The van der Waals surface area contributed by atoms with Crippen molar-refractivity contribution in [1.82, 2.24) is 4.90 Å². The molecule has 3 aliphatic rings. The van der Waals surface area contributed by atoms with Gasteiger partial charge in [-0.3, -0.25) is 4.79 Å². The quantitative estimate of drug-likeness (QED) is 0.787. The molecule has 0 radical (unpaired) electrons. The van der Waals surface area contributed by atoms with Gasteiger partial charge in [0, 0.05) is 31.1 Å². The van der Waals surface area contributed by atoms with E-state index in [0.29, 0.717) is 37.7 Å². The van der Waals surface area contributed by atoms with Gasteiger partial charge in [0.15, 0.2) is 0 Å². The van der Waals surface area contributed by atoms with Gasteiger partial charge in [-0.2, -0.15) is 0 Å². The number of rotatable bonds is 3. The first kappa shape index (κ1) is 16.4. The summed E-state index contributed by atoms with van der Waals surface area (Å²) < 4.78 is 16.5. The van der Waals surface area contributed by atoms with E-state index >= 15 is 0 Å². The molecule has 1 aromatic carbocycles. The highest BCUT2D eigenvalue weighted by molar-refractivity contribution is 5.90. The van der Waals surface area contributed by atoms with Crippen molar-refractivity contribution in [1.29, 1.82) is 0 Å². The van der Waals surface area contributed by atoms with Gasteiger partial charge >= 0.3 is 5.97 Å². The summed E-state index contributed by atoms with van der Waals surface area (Å²) >= 11 is 0. The van der Waals surface area contributed by atoms with Crippen molar-refractivity contribution in [3.63, 3.8) is 0 Å². The molecule has 0 unspecified atom stereocenters. The third-order valence-corrected chi connectivity index (χ3v) is 5.29. The van der Waals surface area contributed by atoms with E-state index < -0.39 is 0 Å². The Kier molecular flexibility index (Phi) is 4.37. The number of likely N-dealkylation sites (tertiary alicyclic amines) is 1. The third kappa shape index (κ3) is 2.99. The molecule has 2 saturated heterocycles. The van der Waals surface area contributed by atoms with E-state index in [1.165, 1.54) is 0 Å². The maximum absolute atomic E-state index is 13.0. The van der Waals surface area contributed by atoms with Crippen LogP contribution in [0.4, 0.5) is 0 Å². The van der Waals surface area contributed by atoms with Crippen molar-refractivity contribution in [3.05, 3.63) is 29.3 Å². The number of esters is 1. The van der Waals surface area contributed by atoms with Gasteiger partial charge in [0.2, 0.25) is 5.91 Å². The molecule has 3 aliphatic heterocycles. The Labute approximate surface area is 147 Å². The van der Waals surface area contributed by atoms with Crippen LogP contribution in [0.25, 0.3) is 0 Å². The normalized spacial score (nSPS) is 25.2. The Morgan fingerprint density at radius 3 is 2.84 bits per heavy atom. The van der Waals surface area contributed by atoms with Gasteiger partial charge < -0.3 is 19.1 Å². The van der Waals surface area contributed by atoms with E-state index in [1.54, 1.807) is 19.1 Å². The molecule has 2 bridgehead atoms. The average Bonchev–Trinajstić information content (AvgIpc) is 2.99. The van der Waals surface area contributed by atoms with Gasteiger partial charge in [-0.1, -0.05) is 6.07 Å². The number of hydrogen-bond acceptors (Lipinski definition) is 5. The summed E-state index contributed by atoms with van der Waals surface area (Å²) in [4.78, 5) is 26.9. The molecular formula is C19H23NO5. The minimum absolute atomic E-state index is 0.00117. The molecule has 1 amide bonds. The summed E-state index contributed by atoms with van der Waals surface area (Å²) in [5.74, 6) is 0.619. The molecular weight excluding hydrogens is 322 g/mol. The Morgan fingerprint density at radius 1 is 1.28 bits per heavy atom. The SMILES string of the molecule is CCOC(=O)c1ccc2c(c1)O[C@@H]1C[C@H]2N(C(=O)C2CCOCC2)C1. The number of hydrogen-bond donors (Lipinski definition) is 0. The average molecular weight is 345 g/mol. The summed E-state index contributed by atoms with van der Waals surface area (Å²) in [6.07, 6.45) is 2.41. The van der Waals surface area contributed by atoms with Crippen LogP contribution in [0.5, 0.6) is 5.75 Å². The first-order valence-corrected chi connectivity index (χ1v) is 9.03. The van der Waals surface area contributed by atoms with Crippen LogP contribution in [0.2, 0.25) is 0 Å². The second-order valence-electron chi connectivity index (χ2n) is 6.84. The smallest absolute Gasteiger partial charge is 0.338 e. The van der Waals surface area contributed by atoms with Gasteiger partial charge in [-0.05, 0) is 31.9 Å². The zero-order valence-corrected chi connectivity index (χ0v) is 14.4. The van der Waals surface area contributed by atoms with Gasteiger partial charge in [0.1, 0.15) is 11.9 Å². The van der Waals surface area contributed by atoms with Crippen molar-refractivity contribution in [2.45, 2.75) is 38.3 Å². The predicted molar refractivity (Wildman–Crippen MR) is 89.4 cm³/mol. The molecule has 0 spiro atoms. The maximum atomic E-state index is 13.0. The Hall–Kier alpha value is -2.08. The standard InChI is InChI=1S/C19H23NO5/c1-2-24-19(22)13-3-4-15-16-10-14(25-17(15)9-13)11-20(16)18(21)12-5-7-23-8-6-12/h3-4,9,12,14,16H,2,5-8,10-11H2,1H3/t14-,16-/m1/s1. The van der Waals surface area contributed by atoms with Crippen molar-refractivity contribution >= 4 is 11.9 Å². The molecule has 2 atom stereocenters. The fraction of sp³-hybridized carbons (Fsp3) is 0.579. The highest BCUT2D eigenvalue weighted by atomic mass is 16.5. The fourth-order valence-corrected chi connectivity index (χ4v) is 4.03. The van der Waals surface area contributed by atoms with E-state index in [9.17, 15) is 9.59 Å². The zero-order valence-electron chi connectivity index (χ0n) is 14.4. The third-order valence-electron chi connectivity index (χ3n) is 5.29. The molecule has 6 nitrogen and oxygen atoms in total. The first-order valence-electron chi connectivity index (χ1n) is 9.03. The number of benzene rings is 1. The Balaban J connectivity index is 1.57. The van der Waals surface area contributed by atoms with Crippen LogP contribution in [-0.4, -0.2) is 49.2 Å². The molecule has 0 aliphatic carbocycles. The van der Waals surface area contributed by atoms with E-state index in [4.69, 9.17) is 14.2 Å². The second-order valence-corrected chi connectivity index (χ2v) is 6.84. The van der Waals surface area contributed by atoms with Crippen molar-refractivity contribution < 1.29 is 23.8 Å². The van der Waals surface area contributed by atoms with E-state index in [2.05, 4.69) is 0 Å². The van der Waals surface area contributed by atoms with E-state index in [1.807, 2.05) is 11.0 Å². The van der Waals surface area contributed by atoms with Crippen LogP contribution < -0.4 is 4.74 Å². The van der Waals surface area contributed by atoms with Crippen molar-refractivity contribution in [3.8, 4) is 5.75 Å². The van der Waals surface area contributed by atoms with Crippen molar-refractivity contribution in [2.24, 2.45) is 5.92 Å². The monoisotopic (exact) mass is 345 g/mol. The topological polar surface area (TPSA) is 65.1 Å². The molecule has 134 valence electrons. The predicted octanol–water partition coefficient (Wildman–Crippen LogP) is 2.32. The lowest BCUT2D eigenvalue weighted by atomic mass is 9.95. The summed E-state index contributed by atoms with van der Waals surface area (Å²) in [7, 11) is 0. The molecule has 2 fully saturated rings. The largest absolute Gasteiger partial charge is 0.488 e. The summed E-state index contributed by atoms with van der Waals surface area (Å²) in [6, 6.07) is 5.45. The Bertz CT molecular complexity index is 682. The van der Waals surface area contributed by atoms with Crippen LogP contribution in [-0.2, 0) is 14.3 Å². The molecule has 0 aromatic heterocycles.